The van der Waals surface area contributed by atoms with Gasteiger partial charge in [-0.3, -0.25) is 14.2 Å². The SMILES string of the molecule is CCOc1ccc(-n2c(C(C)N(CCN(C)C)C(=O)CC(C)C)nc3ccccc3c2=O)cc1. The second-order valence-electron chi connectivity index (χ2n) is 9.22. The normalized spacial score (nSPS) is 12.4. The van der Waals surface area contributed by atoms with E-state index >= 15 is 0 Å². The molecule has 1 unspecified atom stereocenters. The molecule has 34 heavy (non-hydrogen) atoms. The molecule has 0 fully saturated rings. The summed E-state index contributed by atoms with van der Waals surface area (Å²) in [7, 11) is 3.97. The van der Waals surface area contributed by atoms with Gasteiger partial charge in [0.1, 0.15) is 11.6 Å². The molecular weight excluding hydrogens is 428 g/mol. The highest BCUT2D eigenvalue weighted by Gasteiger charge is 2.27. The zero-order valence-electron chi connectivity index (χ0n) is 21.1. The minimum absolute atomic E-state index is 0.0602. The molecule has 7 nitrogen and oxygen atoms in total. The highest BCUT2D eigenvalue weighted by atomic mass is 16.5. The number of hydrogen-bond acceptors (Lipinski definition) is 5. The van der Waals surface area contributed by atoms with Crippen molar-refractivity contribution >= 4 is 16.8 Å². The Kier molecular flexibility index (Phi) is 8.45. The van der Waals surface area contributed by atoms with Gasteiger partial charge in [0, 0.05) is 19.5 Å². The number of amides is 1. The zero-order valence-corrected chi connectivity index (χ0v) is 21.1. The van der Waals surface area contributed by atoms with Gasteiger partial charge in [-0.15, -0.1) is 0 Å². The molecule has 1 heterocycles. The van der Waals surface area contributed by atoms with Crippen LogP contribution >= 0.6 is 0 Å². The van der Waals surface area contributed by atoms with Gasteiger partial charge < -0.3 is 14.5 Å². The van der Waals surface area contributed by atoms with Crippen LogP contribution < -0.4 is 10.3 Å². The molecule has 0 aliphatic heterocycles. The first-order valence-electron chi connectivity index (χ1n) is 11.9. The van der Waals surface area contributed by atoms with Crippen molar-refractivity contribution < 1.29 is 9.53 Å². The van der Waals surface area contributed by atoms with Crippen LogP contribution in [-0.2, 0) is 4.79 Å². The molecule has 182 valence electrons. The Hall–Kier alpha value is -3.19. The molecule has 0 saturated carbocycles. The molecular formula is C27H36N4O3. The largest absolute Gasteiger partial charge is 0.494 e. The lowest BCUT2D eigenvalue weighted by molar-refractivity contribution is -0.134. The fraction of sp³-hybridized carbons (Fsp3) is 0.444. The molecule has 0 spiro atoms. The molecule has 0 aliphatic rings. The van der Waals surface area contributed by atoms with E-state index < -0.39 is 6.04 Å². The van der Waals surface area contributed by atoms with Crippen molar-refractivity contribution in [3.8, 4) is 11.4 Å². The van der Waals surface area contributed by atoms with Gasteiger partial charge in [0.25, 0.3) is 5.56 Å². The number of ether oxygens (including phenoxy) is 1. The summed E-state index contributed by atoms with van der Waals surface area (Å²) in [6.07, 6.45) is 0.443. The fourth-order valence-corrected chi connectivity index (χ4v) is 3.99. The zero-order chi connectivity index (χ0) is 24.8. The molecule has 1 amide bonds. The van der Waals surface area contributed by atoms with E-state index in [9.17, 15) is 9.59 Å². The van der Waals surface area contributed by atoms with E-state index in [1.54, 1.807) is 10.6 Å². The average Bonchev–Trinajstić information content (AvgIpc) is 2.79. The molecule has 1 aromatic heterocycles. The van der Waals surface area contributed by atoms with Crippen LogP contribution in [0.3, 0.4) is 0 Å². The molecule has 3 aromatic rings. The first-order valence-corrected chi connectivity index (χ1v) is 11.9. The summed E-state index contributed by atoms with van der Waals surface area (Å²) in [5.41, 5.74) is 1.17. The van der Waals surface area contributed by atoms with E-state index in [4.69, 9.17) is 9.72 Å². The number of likely N-dealkylation sites (N-methyl/N-ethyl adjacent to an activating group) is 1. The van der Waals surface area contributed by atoms with Crippen molar-refractivity contribution in [2.24, 2.45) is 5.92 Å². The van der Waals surface area contributed by atoms with Crippen LogP contribution in [0.4, 0.5) is 0 Å². The Labute approximate surface area is 202 Å². The first-order chi connectivity index (χ1) is 16.2. The van der Waals surface area contributed by atoms with Gasteiger partial charge in [0.15, 0.2) is 0 Å². The van der Waals surface area contributed by atoms with Crippen molar-refractivity contribution in [1.82, 2.24) is 19.4 Å². The molecule has 2 aromatic carbocycles. The van der Waals surface area contributed by atoms with E-state index in [0.717, 1.165) is 12.3 Å². The number of nitrogens with zero attached hydrogens (tertiary/aromatic N) is 4. The van der Waals surface area contributed by atoms with Crippen LogP contribution in [0.15, 0.2) is 53.3 Å². The van der Waals surface area contributed by atoms with Crippen LogP contribution in [0.1, 0.15) is 46.0 Å². The van der Waals surface area contributed by atoms with Gasteiger partial charge in [-0.05, 0) is 70.3 Å². The summed E-state index contributed by atoms with van der Waals surface area (Å²) in [6, 6.07) is 14.4. The highest BCUT2D eigenvalue weighted by Crippen LogP contribution is 2.25. The van der Waals surface area contributed by atoms with Crippen LogP contribution in [-0.4, -0.2) is 59.0 Å². The van der Waals surface area contributed by atoms with Crippen LogP contribution in [0, 0.1) is 5.92 Å². The molecule has 0 aliphatic carbocycles. The quantitative estimate of drug-likeness (QED) is 0.448. The van der Waals surface area contributed by atoms with Crippen LogP contribution in [0.2, 0.25) is 0 Å². The third kappa shape index (κ3) is 5.83. The van der Waals surface area contributed by atoms with Gasteiger partial charge in [0.2, 0.25) is 5.91 Å². The number of benzene rings is 2. The number of carbonyl (C=O) groups is 1. The van der Waals surface area contributed by atoms with Gasteiger partial charge in [-0.1, -0.05) is 26.0 Å². The maximum Gasteiger partial charge on any atom is 0.266 e. The van der Waals surface area contributed by atoms with Crippen molar-refractivity contribution in [3.63, 3.8) is 0 Å². The molecule has 1 atom stereocenters. The van der Waals surface area contributed by atoms with Gasteiger partial charge in [0.05, 0.1) is 29.2 Å². The van der Waals surface area contributed by atoms with E-state index in [-0.39, 0.29) is 17.4 Å². The predicted molar refractivity (Wildman–Crippen MR) is 137 cm³/mol. The maximum atomic E-state index is 13.7. The molecule has 0 saturated heterocycles. The molecule has 0 N–H and O–H groups in total. The minimum atomic E-state index is -0.393. The molecule has 3 rings (SSSR count). The van der Waals surface area contributed by atoms with Crippen molar-refractivity contribution in [3.05, 3.63) is 64.7 Å². The van der Waals surface area contributed by atoms with Gasteiger partial charge >= 0.3 is 0 Å². The number of aromatic nitrogens is 2. The second-order valence-corrected chi connectivity index (χ2v) is 9.22. The number of para-hydroxylation sites is 1. The molecule has 7 heteroatoms. The number of hydrogen-bond donors (Lipinski definition) is 0. The number of rotatable bonds is 10. The van der Waals surface area contributed by atoms with E-state index in [1.165, 1.54) is 0 Å². The lowest BCUT2D eigenvalue weighted by Gasteiger charge is -2.32. The minimum Gasteiger partial charge on any atom is -0.494 e. The number of fused-ring (bicyclic) bond motifs is 1. The average molecular weight is 465 g/mol. The maximum absolute atomic E-state index is 13.7. The Morgan fingerprint density at radius 2 is 1.71 bits per heavy atom. The van der Waals surface area contributed by atoms with E-state index in [0.29, 0.717) is 42.0 Å². The van der Waals surface area contributed by atoms with E-state index in [1.807, 2.05) is 89.2 Å². The van der Waals surface area contributed by atoms with Gasteiger partial charge in [-0.2, -0.15) is 0 Å². The van der Waals surface area contributed by atoms with Crippen molar-refractivity contribution in [2.45, 2.75) is 40.2 Å². The molecule has 0 radical (unpaired) electrons. The van der Waals surface area contributed by atoms with Gasteiger partial charge in [-0.25, -0.2) is 4.98 Å². The van der Waals surface area contributed by atoms with E-state index in [2.05, 4.69) is 4.90 Å². The first kappa shape index (κ1) is 25.4. The van der Waals surface area contributed by atoms with Crippen LogP contribution in [0.5, 0.6) is 5.75 Å². The predicted octanol–water partition coefficient (Wildman–Crippen LogP) is 4.28. The Morgan fingerprint density at radius 3 is 2.32 bits per heavy atom. The molecule has 0 bridgehead atoms. The summed E-state index contributed by atoms with van der Waals surface area (Å²) in [5, 5.41) is 0.542. The monoisotopic (exact) mass is 464 g/mol. The second kappa shape index (κ2) is 11.3. The summed E-state index contributed by atoms with van der Waals surface area (Å²) < 4.78 is 7.21. The fourth-order valence-electron chi connectivity index (χ4n) is 3.99. The summed E-state index contributed by atoms with van der Waals surface area (Å²) >= 11 is 0. The Bertz CT molecular complexity index is 1170. The summed E-state index contributed by atoms with van der Waals surface area (Å²) in [6.45, 7) is 9.80. The Morgan fingerprint density at radius 1 is 1.03 bits per heavy atom. The topological polar surface area (TPSA) is 67.7 Å². The van der Waals surface area contributed by atoms with Crippen molar-refractivity contribution in [2.75, 3.05) is 33.8 Å². The summed E-state index contributed by atoms with van der Waals surface area (Å²) in [5.74, 6) is 1.58. The third-order valence-electron chi connectivity index (χ3n) is 5.74. The summed E-state index contributed by atoms with van der Waals surface area (Å²) in [4.78, 5) is 35.8. The number of carbonyl (C=O) groups excluding carboxylic acids is 1. The smallest absolute Gasteiger partial charge is 0.266 e. The van der Waals surface area contributed by atoms with Crippen molar-refractivity contribution in [1.29, 1.82) is 0 Å². The Balaban J connectivity index is 2.17. The highest BCUT2D eigenvalue weighted by molar-refractivity contribution is 5.79. The van der Waals surface area contributed by atoms with Crippen LogP contribution in [0.25, 0.3) is 16.6 Å². The third-order valence-corrected chi connectivity index (χ3v) is 5.74. The lowest BCUT2D eigenvalue weighted by atomic mass is 10.1. The lowest BCUT2D eigenvalue weighted by Crippen LogP contribution is -2.41. The standard InChI is InChI=1S/C27H36N4O3/c1-7-34-22-14-12-21(13-15-22)31-26(28-24-11-9-8-10-23(24)27(31)33)20(4)30(17-16-29(5)6)25(32)18-19(2)3/h8-15,19-20H,7,16-18H2,1-6H3.